The second-order valence-electron chi connectivity index (χ2n) is 5.85. The summed E-state index contributed by atoms with van der Waals surface area (Å²) in [6.07, 6.45) is 2.61. The molecule has 2 rings (SSSR count). The third-order valence-electron chi connectivity index (χ3n) is 3.93. The molecule has 0 fully saturated rings. The van der Waals surface area contributed by atoms with Crippen LogP contribution in [-0.4, -0.2) is 46.0 Å². The molecular formula is C20H21NO7S. The first-order valence-electron chi connectivity index (χ1n) is 8.53. The van der Waals surface area contributed by atoms with Crippen molar-refractivity contribution in [1.29, 1.82) is 0 Å². The van der Waals surface area contributed by atoms with Crippen LogP contribution in [0.4, 0.5) is 0 Å². The Morgan fingerprint density at radius 1 is 1.07 bits per heavy atom. The Kier molecular flexibility index (Phi) is 7.52. The first-order chi connectivity index (χ1) is 13.8. The number of carboxylic acids is 1. The molecule has 2 aromatic rings. The quantitative estimate of drug-likeness (QED) is 0.448. The molecule has 0 saturated heterocycles. The maximum absolute atomic E-state index is 12.4. The Morgan fingerprint density at radius 3 is 2.34 bits per heavy atom. The molecule has 0 atom stereocenters. The highest BCUT2D eigenvalue weighted by Gasteiger charge is 2.15. The summed E-state index contributed by atoms with van der Waals surface area (Å²) in [7, 11) is -0.826. The maximum atomic E-state index is 12.4. The predicted octanol–water partition coefficient (Wildman–Crippen LogP) is 2.35. The Balaban J connectivity index is 2.13. The number of hydrogen-bond acceptors (Lipinski definition) is 6. The molecule has 2 N–H and O–H groups in total. The number of allylic oxidation sites excluding steroid dienone is 1. The van der Waals surface area contributed by atoms with Crippen LogP contribution in [0, 0.1) is 0 Å². The van der Waals surface area contributed by atoms with Gasteiger partial charge in [0, 0.05) is 17.7 Å². The number of ketones is 1. The summed E-state index contributed by atoms with van der Waals surface area (Å²) in [5.74, 6) is -0.397. The molecule has 154 valence electrons. The van der Waals surface area contributed by atoms with Crippen molar-refractivity contribution in [3.63, 3.8) is 0 Å². The Bertz CT molecular complexity index is 1010. The van der Waals surface area contributed by atoms with Crippen molar-refractivity contribution >= 4 is 27.9 Å². The van der Waals surface area contributed by atoms with Crippen LogP contribution >= 0.6 is 0 Å². The molecule has 0 radical (unpaired) electrons. The molecule has 29 heavy (non-hydrogen) atoms. The second kappa shape index (κ2) is 9.85. The molecule has 0 aromatic heterocycles. The van der Waals surface area contributed by atoms with Crippen LogP contribution in [0.3, 0.4) is 0 Å². The molecule has 0 spiro atoms. The van der Waals surface area contributed by atoms with Crippen LogP contribution in [0.1, 0.15) is 22.3 Å². The van der Waals surface area contributed by atoms with Crippen molar-refractivity contribution in [3.05, 3.63) is 59.7 Å². The van der Waals surface area contributed by atoms with Crippen molar-refractivity contribution in [1.82, 2.24) is 4.72 Å². The first-order valence-corrected chi connectivity index (χ1v) is 10.0. The molecule has 0 unspecified atom stereocenters. The molecule has 0 aliphatic heterocycles. The normalized spacial score (nSPS) is 11.4. The van der Waals surface area contributed by atoms with Gasteiger partial charge in [-0.3, -0.25) is 9.59 Å². The van der Waals surface area contributed by atoms with Crippen LogP contribution < -0.4 is 14.2 Å². The average Bonchev–Trinajstić information content (AvgIpc) is 2.71. The van der Waals surface area contributed by atoms with E-state index in [4.69, 9.17) is 14.6 Å². The summed E-state index contributed by atoms with van der Waals surface area (Å²) in [5, 5.41) is 8.58. The second-order valence-corrected chi connectivity index (χ2v) is 7.61. The number of sulfonamides is 1. The zero-order valence-electron chi connectivity index (χ0n) is 15.9. The van der Waals surface area contributed by atoms with Crippen LogP contribution in [0.2, 0.25) is 0 Å². The van der Waals surface area contributed by atoms with E-state index < -0.39 is 16.0 Å². The van der Waals surface area contributed by atoms with Gasteiger partial charge in [0.05, 0.1) is 25.5 Å². The number of nitrogens with one attached hydrogen (secondary N) is 1. The van der Waals surface area contributed by atoms with E-state index >= 15 is 0 Å². The summed E-state index contributed by atoms with van der Waals surface area (Å²) < 4.78 is 36.9. The lowest BCUT2D eigenvalue weighted by Crippen LogP contribution is -2.26. The number of ether oxygens (including phenoxy) is 2. The minimum atomic E-state index is -3.84. The lowest BCUT2D eigenvalue weighted by molar-refractivity contribution is -0.136. The Morgan fingerprint density at radius 2 is 1.76 bits per heavy atom. The van der Waals surface area contributed by atoms with Crippen LogP contribution in [0.15, 0.2) is 53.4 Å². The summed E-state index contributed by atoms with van der Waals surface area (Å²) in [5.41, 5.74) is 0.953. The van der Waals surface area contributed by atoms with E-state index in [-0.39, 0.29) is 23.6 Å². The van der Waals surface area contributed by atoms with E-state index in [1.54, 1.807) is 24.3 Å². The van der Waals surface area contributed by atoms with Gasteiger partial charge in [0.1, 0.15) is 0 Å². The SMILES string of the molecule is COc1cccc(/C=C/C(=O)c2ccc(S(=O)(=O)NCCC(=O)O)cc2)c1OC. The molecule has 9 heteroatoms. The fourth-order valence-electron chi connectivity index (χ4n) is 2.48. The van der Waals surface area contributed by atoms with Crippen molar-refractivity contribution in [3.8, 4) is 11.5 Å². The number of aliphatic carboxylic acids is 1. The van der Waals surface area contributed by atoms with Crippen molar-refractivity contribution in [2.24, 2.45) is 0 Å². The fraction of sp³-hybridized carbons (Fsp3) is 0.200. The third-order valence-corrected chi connectivity index (χ3v) is 5.40. The van der Waals surface area contributed by atoms with Gasteiger partial charge < -0.3 is 14.6 Å². The number of benzene rings is 2. The number of methoxy groups -OCH3 is 2. The lowest BCUT2D eigenvalue weighted by atomic mass is 10.1. The third kappa shape index (κ3) is 5.90. The highest BCUT2D eigenvalue weighted by molar-refractivity contribution is 7.89. The number of carbonyl (C=O) groups excluding carboxylic acids is 1. The van der Waals surface area contributed by atoms with Crippen molar-refractivity contribution in [2.45, 2.75) is 11.3 Å². The molecule has 0 aliphatic carbocycles. The van der Waals surface area contributed by atoms with Gasteiger partial charge >= 0.3 is 5.97 Å². The topological polar surface area (TPSA) is 119 Å². The molecule has 8 nitrogen and oxygen atoms in total. The van der Waals surface area contributed by atoms with Gasteiger partial charge in [-0.25, -0.2) is 13.1 Å². The number of rotatable bonds is 10. The predicted molar refractivity (Wildman–Crippen MR) is 107 cm³/mol. The molecule has 2 aromatic carbocycles. The van der Waals surface area contributed by atoms with E-state index in [1.807, 2.05) is 0 Å². The van der Waals surface area contributed by atoms with Gasteiger partial charge in [-0.1, -0.05) is 12.1 Å². The molecule has 0 saturated carbocycles. The minimum Gasteiger partial charge on any atom is -0.493 e. The Hall–Kier alpha value is -3.17. The number of carboxylic acid groups (broad SMARTS) is 1. The molecule has 0 aliphatic rings. The highest BCUT2D eigenvalue weighted by atomic mass is 32.2. The summed E-state index contributed by atoms with van der Waals surface area (Å²) in [6, 6.07) is 10.6. The highest BCUT2D eigenvalue weighted by Crippen LogP contribution is 2.31. The Labute approximate surface area is 168 Å². The van der Waals surface area contributed by atoms with Gasteiger partial charge in [-0.2, -0.15) is 0 Å². The lowest BCUT2D eigenvalue weighted by Gasteiger charge is -2.09. The van der Waals surface area contributed by atoms with Gasteiger partial charge in [0.15, 0.2) is 17.3 Å². The van der Waals surface area contributed by atoms with Crippen molar-refractivity contribution < 1.29 is 32.6 Å². The number of hydrogen-bond donors (Lipinski definition) is 2. The summed E-state index contributed by atoms with van der Waals surface area (Å²) in [4.78, 5) is 22.8. The van der Waals surface area contributed by atoms with E-state index in [1.165, 1.54) is 44.6 Å². The van der Waals surface area contributed by atoms with E-state index in [0.717, 1.165) is 0 Å². The summed E-state index contributed by atoms with van der Waals surface area (Å²) in [6.45, 7) is -0.219. The van der Waals surface area contributed by atoms with Gasteiger partial charge in [0.25, 0.3) is 0 Å². The standard InChI is InChI=1S/C20H21NO7S/c1-27-18-5-3-4-15(20(18)28-2)8-11-17(22)14-6-9-16(10-7-14)29(25,26)21-13-12-19(23)24/h3-11,21H,12-13H2,1-2H3,(H,23,24)/b11-8+. The van der Waals surface area contributed by atoms with Gasteiger partial charge in [0.2, 0.25) is 10.0 Å². The first kappa shape index (κ1) is 22.1. The smallest absolute Gasteiger partial charge is 0.304 e. The average molecular weight is 419 g/mol. The van der Waals surface area contributed by atoms with Crippen molar-refractivity contribution in [2.75, 3.05) is 20.8 Å². The fourth-order valence-corrected chi connectivity index (χ4v) is 3.51. The zero-order chi connectivity index (χ0) is 21.4. The minimum absolute atomic E-state index is 0.0575. The van der Waals surface area contributed by atoms with E-state index in [2.05, 4.69) is 4.72 Å². The van der Waals surface area contributed by atoms with Crippen LogP contribution in [0.25, 0.3) is 6.08 Å². The monoisotopic (exact) mass is 419 g/mol. The van der Waals surface area contributed by atoms with Gasteiger partial charge in [-0.05, 0) is 42.5 Å². The molecule has 0 bridgehead atoms. The molecular weight excluding hydrogens is 398 g/mol. The van der Waals surface area contributed by atoms with Crippen LogP contribution in [-0.2, 0) is 14.8 Å². The number of carbonyl (C=O) groups is 2. The zero-order valence-corrected chi connectivity index (χ0v) is 16.7. The van der Waals surface area contributed by atoms with Gasteiger partial charge in [-0.15, -0.1) is 0 Å². The maximum Gasteiger partial charge on any atom is 0.304 e. The van der Waals surface area contributed by atoms with E-state index in [9.17, 15) is 18.0 Å². The molecule has 0 amide bonds. The number of para-hydroxylation sites is 1. The largest absolute Gasteiger partial charge is 0.493 e. The molecule has 0 heterocycles. The summed E-state index contributed by atoms with van der Waals surface area (Å²) >= 11 is 0. The van der Waals surface area contributed by atoms with E-state index in [0.29, 0.717) is 22.6 Å². The van der Waals surface area contributed by atoms with Crippen LogP contribution in [0.5, 0.6) is 11.5 Å².